The maximum Gasteiger partial charge on any atom is 1.00 e. The summed E-state index contributed by atoms with van der Waals surface area (Å²) in [6, 6.07) is 43.0. The van der Waals surface area contributed by atoms with Crippen LogP contribution in [0, 0.1) is 5.82 Å². The van der Waals surface area contributed by atoms with Gasteiger partial charge in [0, 0.05) is 0 Å². The minimum absolute atomic E-state index is 0. The second-order valence-corrected chi connectivity index (χ2v) is 10.3. The van der Waals surface area contributed by atoms with Crippen molar-refractivity contribution in [2.75, 3.05) is 0 Å². The summed E-state index contributed by atoms with van der Waals surface area (Å²) in [6.45, 7) is 0. The van der Waals surface area contributed by atoms with Crippen molar-refractivity contribution in [1.82, 2.24) is 0 Å². The number of rotatable bonds is 6. The predicted octanol–water partition coefficient (Wildman–Crippen LogP) is 5.52. The standard InChI is InChI=1S/C26H21P2.Ru/c1-5-13-23(14-6-1)27(24-15-7-2-8-16-24)21-22-28(25-17-9-3-10-18-25)26-19-11-4-12-20-26;/h1-21H;/q-1;+1. The molecule has 0 atom stereocenters. The molecule has 0 aliphatic carbocycles. The number of hydrogen-bond acceptors (Lipinski definition) is 0. The Bertz CT molecular complexity index is 840. The van der Waals surface area contributed by atoms with E-state index in [9.17, 15) is 0 Å². The van der Waals surface area contributed by atoms with E-state index in [-0.39, 0.29) is 19.5 Å². The largest absolute Gasteiger partial charge is 1.00 e. The van der Waals surface area contributed by atoms with Gasteiger partial charge >= 0.3 is 19.5 Å². The summed E-state index contributed by atoms with van der Waals surface area (Å²) in [5, 5.41) is 5.37. The molecule has 4 rings (SSSR count). The number of benzene rings is 4. The van der Waals surface area contributed by atoms with Crippen molar-refractivity contribution in [1.29, 1.82) is 0 Å². The van der Waals surface area contributed by atoms with E-state index >= 15 is 0 Å². The maximum atomic E-state index is 3.82. The summed E-state index contributed by atoms with van der Waals surface area (Å²) < 4.78 is 0. The average Bonchev–Trinajstić information content (AvgIpc) is 2.79. The number of hydrogen-bond donors (Lipinski definition) is 0. The van der Waals surface area contributed by atoms with Crippen LogP contribution in [-0.4, -0.2) is 0 Å². The Labute approximate surface area is 189 Å². The molecule has 0 N–H and O–H groups in total. The summed E-state index contributed by atoms with van der Waals surface area (Å²) in [4.78, 5) is 0. The third-order valence-electron chi connectivity index (χ3n) is 4.41. The van der Waals surface area contributed by atoms with Crippen LogP contribution >= 0.6 is 15.8 Å². The van der Waals surface area contributed by atoms with Gasteiger partial charge in [-0.2, -0.15) is 0 Å². The van der Waals surface area contributed by atoms with Crippen molar-refractivity contribution in [3.8, 4) is 0 Å². The van der Waals surface area contributed by atoms with Crippen LogP contribution in [0.4, 0.5) is 0 Å². The molecule has 0 aromatic heterocycles. The quantitative estimate of drug-likeness (QED) is 0.187. The van der Waals surface area contributed by atoms with Crippen LogP contribution in [0.5, 0.6) is 0 Å². The van der Waals surface area contributed by atoms with E-state index in [0.29, 0.717) is 0 Å². The van der Waals surface area contributed by atoms with Crippen molar-refractivity contribution in [2.45, 2.75) is 0 Å². The van der Waals surface area contributed by atoms with Crippen molar-refractivity contribution in [3.63, 3.8) is 0 Å². The first-order valence-electron chi connectivity index (χ1n) is 9.31. The molecule has 4 aromatic carbocycles. The monoisotopic (exact) mass is 497 g/mol. The SMILES string of the molecule is [C-](=CP(c1ccccc1)c1ccccc1)P(c1ccccc1)c1ccccc1.[Ru+]. The first-order valence-corrected chi connectivity index (χ1v) is 12.1. The summed E-state index contributed by atoms with van der Waals surface area (Å²) in [5.74, 6) is 6.14. The fourth-order valence-electron chi connectivity index (χ4n) is 3.04. The van der Waals surface area contributed by atoms with Crippen LogP contribution in [0.1, 0.15) is 0 Å². The smallest absolute Gasteiger partial charge is 0.456 e. The van der Waals surface area contributed by atoms with Gasteiger partial charge in [-0.1, -0.05) is 129 Å². The minimum Gasteiger partial charge on any atom is -0.456 e. The summed E-state index contributed by atoms with van der Waals surface area (Å²) >= 11 is 0. The molecule has 3 heteroatoms. The topological polar surface area (TPSA) is 0 Å². The molecule has 1 radical (unpaired) electrons. The zero-order chi connectivity index (χ0) is 19.0. The van der Waals surface area contributed by atoms with Crippen LogP contribution in [-0.2, 0) is 19.5 Å². The van der Waals surface area contributed by atoms with Crippen LogP contribution in [0.15, 0.2) is 127 Å². The molecule has 29 heavy (non-hydrogen) atoms. The Kier molecular flexibility index (Phi) is 8.52. The van der Waals surface area contributed by atoms with E-state index in [0.717, 1.165) is 0 Å². The van der Waals surface area contributed by atoms with Crippen molar-refractivity contribution < 1.29 is 19.5 Å². The van der Waals surface area contributed by atoms with Crippen molar-refractivity contribution in [2.24, 2.45) is 0 Å². The van der Waals surface area contributed by atoms with Gasteiger partial charge in [-0.05, 0) is 21.2 Å². The van der Waals surface area contributed by atoms with Gasteiger partial charge in [-0.3, -0.25) is 0 Å². The molecule has 0 unspecified atom stereocenters. The maximum absolute atomic E-state index is 3.82. The van der Waals surface area contributed by atoms with E-state index in [4.69, 9.17) is 0 Å². The first-order chi connectivity index (χ1) is 13.9. The van der Waals surface area contributed by atoms with Gasteiger partial charge in [0.05, 0.1) is 0 Å². The van der Waals surface area contributed by atoms with E-state index < -0.39 is 15.8 Å². The Balaban J connectivity index is 0.00000240. The van der Waals surface area contributed by atoms with Gasteiger partial charge in [0.1, 0.15) is 0 Å². The molecule has 0 amide bonds. The Morgan fingerprint density at radius 1 is 0.448 bits per heavy atom. The van der Waals surface area contributed by atoms with Crippen LogP contribution < -0.4 is 21.2 Å². The van der Waals surface area contributed by atoms with Gasteiger partial charge in [0.15, 0.2) is 0 Å². The zero-order valence-electron chi connectivity index (χ0n) is 15.9. The Morgan fingerprint density at radius 3 is 1.10 bits per heavy atom. The van der Waals surface area contributed by atoms with Gasteiger partial charge < -0.3 is 5.82 Å². The third kappa shape index (κ3) is 5.81. The molecule has 0 bridgehead atoms. The third-order valence-corrected chi connectivity index (χ3v) is 8.73. The fraction of sp³-hybridized carbons (Fsp3) is 0. The molecular weight excluding hydrogens is 475 g/mol. The van der Waals surface area contributed by atoms with Crippen molar-refractivity contribution in [3.05, 3.63) is 133 Å². The van der Waals surface area contributed by atoms with E-state index in [1.54, 1.807) is 0 Å². The molecule has 4 aromatic rings. The van der Waals surface area contributed by atoms with Crippen LogP contribution in [0.25, 0.3) is 0 Å². The van der Waals surface area contributed by atoms with E-state index in [1.807, 2.05) is 0 Å². The van der Waals surface area contributed by atoms with Gasteiger partial charge in [-0.25, -0.2) is 13.7 Å². The second-order valence-electron chi connectivity index (χ2n) is 6.31. The molecule has 0 fully saturated rings. The first kappa shape index (κ1) is 21.8. The summed E-state index contributed by atoms with van der Waals surface area (Å²) in [7, 11) is -1.24. The molecule has 0 saturated heterocycles. The van der Waals surface area contributed by atoms with E-state index in [2.05, 4.69) is 133 Å². The Hall–Kier alpha value is -1.90. The fourth-order valence-corrected chi connectivity index (χ4v) is 7.09. The van der Waals surface area contributed by atoms with Crippen molar-refractivity contribution >= 4 is 37.1 Å². The van der Waals surface area contributed by atoms with E-state index in [1.165, 1.54) is 21.2 Å². The van der Waals surface area contributed by atoms with Crippen LogP contribution in [0.3, 0.4) is 0 Å². The minimum atomic E-state index is -0.653. The summed E-state index contributed by atoms with van der Waals surface area (Å²) in [6.07, 6.45) is 0. The summed E-state index contributed by atoms with van der Waals surface area (Å²) in [5.41, 5.74) is 0. The second kappa shape index (κ2) is 11.3. The molecule has 0 heterocycles. The molecule has 143 valence electrons. The molecule has 0 nitrogen and oxygen atoms in total. The van der Waals surface area contributed by atoms with Gasteiger partial charge in [0.25, 0.3) is 0 Å². The molecule has 0 saturated carbocycles. The molecule has 0 aliphatic rings. The average molecular weight is 496 g/mol. The zero-order valence-corrected chi connectivity index (χ0v) is 19.4. The molecule has 0 spiro atoms. The molecule has 0 aliphatic heterocycles. The molecular formula is C26H21P2Ru. The van der Waals surface area contributed by atoms with Crippen LogP contribution in [0.2, 0.25) is 0 Å². The normalized spacial score (nSPS) is 11.0. The predicted molar refractivity (Wildman–Crippen MR) is 126 cm³/mol. The van der Waals surface area contributed by atoms with Gasteiger partial charge in [0.2, 0.25) is 0 Å². The Morgan fingerprint density at radius 2 is 0.759 bits per heavy atom. The van der Waals surface area contributed by atoms with Gasteiger partial charge in [-0.15, -0.1) is 0 Å².